The average molecular weight is 313 g/mol. The molecule has 1 aromatic rings. The van der Waals surface area contributed by atoms with Gasteiger partial charge in [0.05, 0.1) is 13.2 Å². The lowest BCUT2D eigenvalue weighted by atomic mass is 10.1. The Labute approximate surface area is 126 Å². The Morgan fingerprint density at radius 1 is 1.48 bits per heavy atom. The van der Waals surface area contributed by atoms with E-state index in [-0.39, 0.29) is 37.0 Å². The van der Waals surface area contributed by atoms with E-state index >= 15 is 0 Å². The minimum absolute atomic E-state index is 0.0180. The number of azide groups is 1. The number of carbonyl (C=O) groups is 1. The van der Waals surface area contributed by atoms with Crippen LogP contribution in [0.3, 0.4) is 0 Å². The Morgan fingerprint density at radius 2 is 2.24 bits per heavy atom. The molecule has 21 heavy (non-hydrogen) atoms. The molecule has 0 bridgehead atoms. The summed E-state index contributed by atoms with van der Waals surface area (Å²) < 4.78 is 15.4. The van der Waals surface area contributed by atoms with E-state index in [0.29, 0.717) is 11.3 Å². The van der Waals surface area contributed by atoms with E-state index in [1.807, 2.05) is 0 Å². The minimum atomic E-state index is -1.12. The average Bonchev–Trinajstić information content (AvgIpc) is 2.48. The number of ether oxygens (including phenoxy) is 3. The van der Waals surface area contributed by atoms with Crippen LogP contribution < -0.4 is 9.47 Å². The zero-order valence-corrected chi connectivity index (χ0v) is 12.2. The third-order valence-electron chi connectivity index (χ3n) is 2.40. The molecule has 0 aliphatic heterocycles. The highest BCUT2D eigenvalue weighted by atomic mass is 32.1. The van der Waals surface area contributed by atoms with Crippen molar-refractivity contribution in [3.63, 3.8) is 0 Å². The monoisotopic (exact) mass is 313 g/mol. The summed E-state index contributed by atoms with van der Waals surface area (Å²) in [4.78, 5) is 13.9. The highest BCUT2D eigenvalue weighted by molar-refractivity contribution is 7.79. The lowest BCUT2D eigenvalue weighted by molar-refractivity contribution is 0.0481. The van der Waals surface area contributed by atoms with Crippen LogP contribution in [0.1, 0.15) is 15.9 Å². The normalized spacial score (nSPS) is 9.81. The summed E-state index contributed by atoms with van der Waals surface area (Å²) in [5.41, 5.74) is 8.65. The van der Waals surface area contributed by atoms with Crippen molar-refractivity contribution in [2.45, 2.75) is 5.75 Å². The molecule has 0 saturated carbocycles. The Kier molecular flexibility index (Phi) is 7.24. The second-order valence-corrected chi connectivity index (χ2v) is 4.09. The molecule has 0 radical (unpaired) electrons. The number of rotatable bonds is 9. The van der Waals surface area contributed by atoms with E-state index in [4.69, 9.17) is 19.7 Å². The third-order valence-corrected chi connectivity index (χ3v) is 2.74. The van der Waals surface area contributed by atoms with Crippen molar-refractivity contribution in [3.8, 4) is 11.5 Å². The Bertz CT molecular complexity index is 546. The first-order valence-electron chi connectivity index (χ1n) is 5.90. The van der Waals surface area contributed by atoms with Crippen LogP contribution in [-0.4, -0.2) is 38.1 Å². The van der Waals surface area contributed by atoms with Gasteiger partial charge in [-0.15, -0.1) is 0 Å². The van der Waals surface area contributed by atoms with Gasteiger partial charge in [-0.05, 0) is 17.2 Å². The summed E-state index contributed by atoms with van der Waals surface area (Å²) in [6, 6.07) is 3.01. The molecule has 8 nitrogen and oxygen atoms in total. The fourth-order valence-electron chi connectivity index (χ4n) is 1.58. The Hall–Kier alpha value is -2.09. The molecule has 9 heteroatoms. The maximum atomic E-state index is 11.3. The van der Waals surface area contributed by atoms with Crippen LogP contribution in [-0.2, 0) is 10.5 Å². The second kappa shape index (κ2) is 8.96. The molecule has 0 aromatic heterocycles. The van der Waals surface area contributed by atoms with Gasteiger partial charge >= 0.3 is 5.97 Å². The maximum absolute atomic E-state index is 11.3. The molecule has 1 N–H and O–H groups in total. The van der Waals surface area contributed by atoms with Gasteiger partial charge < -0.3 is 19.3 Å². The molecule has 0 aliphatic rings. The first-order valence-corrected chi connectivity index (χ1v) is 6.53. The van der Waals surface area contributed by atoms with E-state index < -0.39 is 5.97 Å². The second-order valence-electron chi connectivity index (χ2n) is 3.77. The molecule has 0 atom stereocenters. The molecule has 1 rings (SSSR count). The van der Waals surface area contributed by atoms with Crippen LogP contribution in [0.2, 0.25) is 0 Å². The van der Waals surface area contributed by atoms with Gasteiger partial charge in [0.15, 0.2) is 6.79 Å². The van der Waals surface area contributed by atoms with E-state index in [2.05, 4.69) is 22.7 Å². The summed E-state index contributed by atoms with van der Waals surface area (Å²) in [5.74, 6) is -0.373. The summed E-state index contributed by atoms with van der Waals surface area (Å²) in [5, 5.41) is 12.6. The van der Waals surface area contributed by atoms with E-state index in [9.17, 15) is 9.90 Å². The van der Waals surface area contributed by atoms with Crippen LogP contribution in [0.4, 0.5) is 0 Å². The molecule has 1 aromatic carbocycles. The van der Waals surface area contributed by atoms with Gasteiger partial charge in [-0.25, -0.2) is 4.79 Å². The smallest absolute Gasteiger partial charge is 0.339 e. The summed E-state index contributed by atoms with van der Waals surface area (Å²) in [6.45, 7) is 0.252. The van der Waals surface area contributed by atoms with Gasteiger partial charge in [-0.2, -0.15) is 12.6 Å². The summed E-state index contributed by atoms with van der Waals surface area (Å²) >= 11 is 4.11. The van der Waals surface area contributed by atoms with Crippen molar-refractivity contribution in [2.24, 2.45) is 5.11 Å². The fourth-order valence-corrected chi connectivity index (χ4v) is 1.83. The van der Waals surface area contributed by atoms with E-state index in [1.165, 1.54) is 13.2 Å². The third kappa shape index (κ3) is 5.07. The lowest BCUT2D eigenvalue weighted by Gasteiger charge is -2.14. The number of nitrogens with zero attached hydrogens (tertiary/aromatic N) is 3. The zero-order valence-electron chi connectivity index (χ0n) is 11.4. The number of benzene rings is 1. The van der Waals surface area contributed by atoms with Crippen molar-refractivity contribution in [2.75, 3.05) is 27.1 Å². The van der Waals surface area contributed by atoms with E-state index in [1.54, 1.807) is 6.07 Å². The van der Waals surface area contributed by atoms with Gasteiger partial charge in [-0.1, -0.05) is 5.11 Å². The van der Waals surface area contributed by atoms with Crippen LogP contribution in [0.25, 0.3) is 10.4 Å². The summed E-state index contributed by atoms with van der Waals surface area (Å²) in [6.07, 6.45) is 0. The molecule has 0 fully saturated rings. The molecular weight excluding hydrogens is 298 g/mol. The first kappa shape index (κ1) is 17.0. The predicted molar refractivity (Wildman–Crippen MR) is 78.1 cm³/mol. The molecule has 0 amide bonds. The molecule has 0 heterocycles. The minimum Gasteiger partial charge on any atom is -0.493 e. The standard InChI is InChI=1S/C12H15N3O5S/c1-18-7-20-10-5-9(19-3-2-14-15-13)4-8(6-21)11(10)12(16)17/h4-5,21H,2-3,6-7H2,1H3,(H,16,17). The first-order chi connectivity index (χ1) is 10.1. The molecule has 0 spiro atoms. The quantitative estimate of drug-likeness (QED) is 0.181. The van der Waals surface area contributed by atoms with Crippen LogP contribution in [0, 0.1) is 0 Å². The van der Waals surface area contributed by atoms with Crippen LogP contribution >= 0.6 is 12.6 Å². The fraction of sp³-hybridized carbons (Fsp3) is 0.417. The van der Waals surface area contributed by atoms with Crippen molar-refractivity contribution >= 4 is 18.6 Å². The number of thiol groups is 1. The van der Waals surface area contributed by atoms with Gasteiger partial charge in [0, 0.05) is 23.8 Å². The predicted octanol–water partition coefficient (Wildman–Crippen LogP) is 2.49. The maximum Gasteiger partial charge on any atom is 0.339 e. The van der Waals surface area contributed by atoms with Gasteiger partial charge in [0.25, 0.3) is 0 Å². The Morgan fingerprint density at radius 3 is 2.81 bits per heavy atom. The molecule has 114 valence electrons. The molecule has 0 unspecified atom stereocenters. The number of carboxylic acid groups (broad SMARTS) is 1. The molecule has 0 saturated heterocycles. The van der Waals surface area contributed by atoms with Crippen molar-refractivity contribution in [1.82, 2.24) is 0 Å². The topological polar surface area (TPSA) is 114 Å². The zero-order chi connectivity index (χ0) is 15.7. The highest BCUT2D eigenvalue weighted by Crippen LogP contribution is 2.30. The van der Waals surface area contributed by atoms with E-state index in [0.717, 1.165) is 0 Å². The summed E-state index contributed by atoms with van der Waals surface area (Å²) in [7, 11) is 1.43. The largest absolute Gasteiger partial charge is 0.493 e. The van der Waals surface area contributed by atoms with Crippen LogP contribution in [0.5, 0.6) is 11.5 Å². The van der Waals surface area contributed by atoms with Gasteiger partial charge in [-0.3, -0.25) is 0 Å². The van der Waals surface area contributed by atoms with Crippen LogP contribution in [0.15, 0.2) is 17.2 Å². The number of hydrogen-bond acceptors (Lipinski definition) is 6. The number of aromatic carboxylic acids is 1. The highest BCUT2D eigenvalue weighted by Gasteiger charge is 2.18. The van der Waals surface area contributed by atoms with Crippen molar-refractivity contribution < 1.29 is 24.1 Å². The lowest BCUT2D eigenvalue weighted by Crippen LogP contribution is -2.10. The number of methoxy groups -OCH3 is 1. The molecule has 0 aliphatic carbocycles. The van der Waals surface area contributed by atoms with Crippen molar-refractivity contribution in [3.05, 3.63) is 33.7 Å². The Balaban J connectivity index is 3.04. The molecular formula is C12H15N3O5S. The SMILES string of the molecule is COCOc1cc(OCCN=[N+]=[N-])cc(CS)c1C(=O)O. The van der Waals surface area contributed by atoms with Gasteiger partial charge in [0.2, 0.25) is 0 Å². The van der Waals surface area contributed by atoms with Crippen molar-refractivity contribution in [1.29, 1.82) is 0 Å². The van der Waals surface area contributed by atoms with Gasteiger partial charge in [0.1, 0.15) is 17.1 Å². The number of hydrogen-bond donors (Lipinski definition) is 2. The number of carboxylic acids is 1.